The molecule has 1 atom stereocenters. The fourth-order valence-electron chi connectivity index (χ4n) is 2.95. The smallest absolute Gasteiger partial charge is 0.242 e. The lowest BCUT2D eigenvalue weighted by Crippen LogP contribution is -2.39. The number of hydrogen-bond donors (Lipinski definition) is 0. The van der Waals surface area contributed by atoms with Gasteiger partial charge in [-0.1, -0.05) is 30.3 Å². The molecular weight excluding hydrogens is 317 g/mol. The third-order valence-electron chi connectivity index (χ3n) is 3.96. The topological polar surface area (TPSA) is 54.5 Å². The molecule has 1 unspecified atom stereocenters. The summed E-state index contributed by atoms with van der Waals surface area (Å²) in [4.78, 5) is 13.6. The number of carbonyl (C=O) groups excluding carboxylic acids is 1. The molecule has 0 bridgehead atoms. The fraction of sp³-hybridized carbons (Fsp3) is 0.235. The second-order valence-electron chi connectivity index (χ2n) is 5.64. The number of para-hydroxylation sites is 1. The molecule has 6 heteroatoms. The van der Waals surface area contributed by atoms with Gasteiger partial charge in [0.05, 0.1) is 0 Å². The third-order valence-corrected chi connectivity index (χ3v) is 5.59. The maximum atomic E-state index is 13.7. The first kappa shape index (κ1) is 15.7. The van der Waals surface area contributed by atoms with Gasteiger partial charge in [0, 0.05) is 11.7 Å². The first-order chi connectivity index (χ1) is 10.9. The van der Waals surface area contributed by atoms with E-state index in [-0.39, 0.29) is 6.04 Å². The molecule has 0 fully saturated rings. The van der Waals surface area contributed by atoms with Crippen molar-refractivity contribution in [2.75, 3.05) is 10.7 Å². The van der Waals surface area contributed by atoms with Gasteiger partial charge >= 0.3 is 0 Å². The zero-order chi connectivity index (χ0) is 16.6. The number of sulfone groups is 1. The van der Waals surface area contributed by atoms with Crippen LogP contribution in [0.25, 0.3) is 0 Å². The van der Waals surface area contributed by atoms with Gasteiger partial charge in [0.2, 0.25) is 5.91 Å². The highest BCUT2D eigenvalue weighted by molar-refractivity contribution is 7.92. The van der Waals surface area contributed by atoms with E-state index in [0.717, 1.165) is 17.3 Å². The Labute approximate surface area is 134 Å². The standard InChI is InChI=1S/C17H16FNO3S/c1-12-10-13-6-2-4-8-15(13)19(12)17(20)11-23(21,22)16-9-5-3-7-14(16)18/h2-9,12H,10-11H2,1H3. The van der Waals surface area contributed by atoms with E-state index in [1.807, 2.05) is 25.1 Å². The van der Waals surface area contributed by atoms with Gasteiger partial charge in [0.15, 0.2) is 9.84 Å². The Morgan fingerprint density at radius 3 is 2.57 bits per heavy atom. The monoisotopic (exact) mass is 333 g/mol. The predicted octanol–water partition coefficient (Wildman–Crippen LogP) is 2.58. The van der Waals surface area contributed by atoms with Crippen LogP contribution in [0.3, 0.4) is 0 Å². The van der Waals surface area contributed by atoms with E-state index < -0.39 is 32.2 Å². The molecule has 2 aromatic carbocycles. The van der Waals surface area contributed by atoms with E-state index in [9.17, 15) is 17.6 Å². The number of rotatable bonds is 3. The van der Waals surface area contributed by atoms with Crippen LogP contribution in [0.1, 0.15) is 12.5 Å². The van der Waals surface area contributed by atoms with E-state index in [2.05, 4.69) is 0 Å². The molecule has 1 amide bonds. The number of nitrogens with zero attached hydrogens (tertiary/aromatic N) is 1. The number of hydrogen-bond acceptors (Lipinski definition) is 3. The summed E-state index contributed by atoms with van der Waals surface area (Å²) in [6, 6.07) is 12.4. The van der Waals surface area contributed by atoms with Crippen molar-refractivity contribution in [2.45, 2.75) is 24.3 Å². The molecule has 23 heavy (non-hydrogen) atoms. The van der Waals surface area contributed by atoms with Gasteiger partial charge in [0.25, 0.3) is 0 Å². The van der Waals surface area contributed by atoms with Gasteiger partial charge in [-0.15, -0.1) is 0 Å². The van der Waals surface area contributed by atoms with Crippen LogP contribution in [0, 0.1) is 5.82 Å². The van der Waals surface area contributed by atoms with Gasteiger partial charge < -0.3 is 4.90 Å². The van der Waals surface area contributed by atoms with Crippen molar-refractivity contribution in [3.63, 3.8) is 0 Å². The molecule has 0 N–H and O–H groups in total. The highest BCUT2D eigenvalue weighted by Gasteiger charge is 2.33. The summed E-state index contributed by atoms with van der Waals surface area (Å²) in [7, 11) is -4.02. The zero-order valence-electron chi connectivity index (χ0n) is 12.6. The molecule has 0 aliphatic carbocycles. The number of benzene rings is 2. The second-order valence-corrected chi connectivity index (χ2v) is 7.59. The summed E-state index contributed by atoms with van der Waals surface area (Å²) in [6.07, 6.45) is 0.682. The zero-order valence-corrected chi connectivity index (χ0v) is 13.4. The number of anilines is 1. The summed E-state index contributed by atoms with van der Waals surface area (Å²) in [5.41, 5.74) is 1.74. The van der Waals surface area contributed by atoms with Crippen molar-refractivity contribution in [1.82, 2.24) is 0 Å². The molecule has 0 saturated carbocycles. The molecular formula is C17H16FNO3S. The average molecular weight is 333 g/mol. The molecule has 1 aliphatic heterocycles. The van der Waals surface area contributed by atoms with Crippen LogP contribution in [-0.2, 0) is 21.1 Å². The Kier molecular flexibility index (Phi) is 3.93. The Hall–Kier alpha value is -2.21. The van der Waals surface area contributed by atoms with Crippen molar-refractivity contribution >= 4 is 21.4 Å². The van der Waals surface area contributed by atoms with Crippen molar-refractivity contribution in [1.29, 1.82) is 0 Å². The highest BCUT2D eigenvalue weighted by Crippen LogP contribution is 2.32. The third kappa shape index (κ3) is 2.86. The van der Waals surface area contributed by atoms with E-state index in [0.29, 0.717) is 6.42 Å². The Bertz CT molecular complexity index is 864. The van der Waals surface area contributed by atoms with Crippen LogP contribution in [0.4, 0.5) is 10.1 Å². The maximum Gasteiger partial charge on any atom is 0.242 e. The fourth-order valence-corrected chi connectivity index (χ4v) is 4.22. The van der Waals surface area contributed by atoms with Crippen molar-refractivity contribution in [3.05, 3.63) is 59.9 Å². The Morgan fingerprint density at radius 2 is 1.83 bits per heavy atom. The number of halogens is 1. The van der Waals surface area contributed by atoms with Crippen molar-refractivity contribution in [2.24, 2.45) is 0 Å². The van der Waals surface area contributed by atoms with Crippen LogP contribution in [-0.4, -0.2) is 26.1 Å². The first-order valence-corrected chi connectivity index (χ1v) is 8.92. The largest absolute Gasteiger partial charge is 0.308 e. The summed E-state index contributed by atoms with van der Waals surface area (Å²) >= 11 is 0. The molecule has 1 aliphatic rings. The molecule has 3 rings (SSSR count). The molecule has 0 radical (unpaired) electrons. The molecule has 120 valence electrons. The number of carbonyl (C=O) groups is 1. The summed E-state index contributed by atoms with van der Waals surface area (Å²) in [6.45, 7) is 1.87. The van der Waals surface area contributed by atoms with Crippen LogP contribution in [0.2, 0.25) is 0 Å². The molecule has 1 heterocycles. The van der Waals surface area contributed by atoms with E-state index >= 15 is 0 Å². The highest BCUT2D eigenvalue weighted by atomic mass is 32.2. The number of fused-ring (bicyclic) bond motifs is 1. The van der Waals surface area contributed by atoms with Gasteiger partial charge in [-0.3, -0.25) is 4.79 Å². The molecule has 0 aromatic heterocycles. The van der Waals surface area contributed by atoms with Crippen LogP contribution >= 0.6 is 0 Å². The minimum absolute atomic E-state index is 0.115. The van der Waals surface area contributed by atoms with E-state index in [1.54, 1.807) is 6.07 Å². The summed E-state index contributed by atoms with van der Waals surface area (Å²) in [5.74, 6) is -2.12. The van der Waals surface area contributed by atoms with Gasteiger partial charge in [-0.25, -0.2) is 12.8 Å². The molecule has 0 spiro atoms. The predicted molar refractivity (Wildman–Crippen MR) is 85.5 cm³/mol. The van der Waals surface area contributed by atoms with Crippen LogP contribution in [0.15, 0.2) is 53.4 Å². The SMILES string of the molecule is CC1Cc2ccccc2N1C(=O)CS(=O)(=O)c1ccccc1F. The first-order valence-electron chi connectivity index (χ1n) is 7.27. The average Bonchev–Trinajstić information content (AvgIpc) is 2.82. The maximum absolute atomic E-state index is 13.7. The van der Waals surface area contributed by atoms with Crippen molar-refractivity contribution < 1.29 is 17.6 Å². The molecule has 2 aromatic rings. The van der Waals surface area contributed by atoms with Gasteiger partial charge in [0.1, 0.15) is 16.5 Å². The minimum atomic E-state index is -4.02. The van der Waals surface area contributed by atoms with E-state index in [4.69, 9.17) is 0 Å². The Balaban J connectivity index is 1.89. The van der Waals surface area contributed by atoms with E-state index in [1.165, 1.54) is 23.1 Å². The van der Waals surface area contributed by atoms with Gasteiger partial charge in [-0.05, 0) is 37.1 Å². The summed E-state index contributed by atoms with van der Waals surface area (Å²) in [5, 5.41) is 0. The lowest BCUT2D eigenvalue weighted by Gasteiger charge is -2.22. The lowest BCUT2D eigenvalue weighted by molar-refractivity contribution is -0.116. The number of amides is 1. The van der Waals surface area contributed by atoms with Gasteiger partial charge in [-0.2, -0.15) is 0 Å². The summed E-state index contributed by atoms with van der Waals surface area (Å²) < 4.78 is 38.4. The van der Waals surface area contributed by atoms with Crippen LogP contribution in [0.5, 0.6) is 0 Å². The van der Waals surface area contributed by atoms with Crippen molar-refractivity contribution in [3.8, 4) is 0 Å². The minimum Gasteiger partial charge on any atom is -0.308 e. The Morgan fingerprint density at radius 1 is 1.17 bits per heavy atom. The van der Waals surface area contributed by atoms with Crippen LogP contribution < -0.4 is 4.90 Å². The molecule has 4 nitrogen and oxygen atoms in total. The molecule has 0 saturated heterocycles. The lowest BCUT2D eigenvalue weighted by atomic mass is 10.1. The normalized spacial score (nSPS) is 17.1. The quantitative estimate of drug-likeness (QED) is 0.867. The second kappa shape index (κ2) is 5.77.